The van der Waals surface area contributed by atoms with Crippen LogP contribution in [0, 0.1) is 0 Å². The van der Waals surface area contributed by atoms with Gasteiger partial charge in [0.05, 0.1) is 22.5 Å². The van der Waals surface area contributed by atoms with Gasteiger partial charge in [-0.1, -0.05) is 0 Å². The molecule has 0 fully saturated rings. The molecule has 0 aliphatic heterocycles. The summed E-state index contributed by atoms with van der Waals surface area (Å²) >= 11 is 0. The Hall–Kier alpha value is -0.760. The molecule has 0 bridgehead atoms. The normalized spacial score (nSPS) is 9.00. The van der Waals surface area contributed by atoms with Crippen LogP contribution in [0.15, 0.2) is 36.7 Å². The topological polar surface area (TPSA) is 100 Å². The van der Waals surface area contributed by atoms with Crippen molar-refractivity contribution in [1.29, 1.82) is 0 Å². The van der Waals surface area contributed by atoms with E-state index in [1.165, 1.54) is 36.7 Å². The molecule has 0 saturated carbocycles. The van der Waals surface area contributed by atoms with Gasteiger partial charge in [-0.3, -0.25) is 9.97 Å². The number of carbonyl (C=O) groups is 2. The third-order valence-corrected chi connectivity index (χ3v) is 2.28. The van der Waals surface area contributed by atoms with Crippen molar-refractivity contribution in [2.45, 2.75) is 0 Å². The number of carboxylic acid groups (broad SMARTS) is 2. The molecule has 6 nitrogen and oxygen atoms in total. The number of hydrogen-bond acceptors (Lipinski definition) is 4. The Balaban J connectivity index is 0.00000180. The van der Waals surface area contributed by atoms with E-state index in [1.807, 2.05) is 0 Å². The number of aromatic nitrogens is 2. The van der Waals surface area contributed by atoms with Crippen LogP contribution in [0.5, 0.6) is 0 Å². The quantitative estimate of drug-likeness (QED) is 0.786. The van der Waals surface area contributed by atoms with Crippen molar-refractivity contribution in [3.63, 3.8) is 0 Å². The molecule has 0 aliphatic rings. The minimum absolute atomic E-state index is 0. The van der Waals surface area contributed by atoms with Gasteiger partial charge in [0.25, 0.3) is 0 Å². The van der Waals surface area contributed by atoms with Crippen molar-refractivity contribution in [3.05, 3.63) is 47.8 Å². The molecule has 0 saturated heterocycles. The van der Waals surface area contributed by atoms with Gasteiger partial charge in [0.15, 0.2) is 0 Å². The van der Waals surface area contributed by atoms with Crippen molar-refractivity contribution >= 4 is 71.1 Å². The van der Waals surface area contributed by atoms with Crippen LogP contribution in [0.25, 0.3) is 11.4 Å². The molecular formula is C12H10N2Na2O4. The van der Waals surface area contributed by atoms with Crippen LogP contribution in [0.4, 0.5) is 0 Å². The molecule has 0 aliphatic carbocycles. The summed E-state index contributed by atoms with van der Waals surface area (Å²) < 4.78 is 0. The summed E-state index contributed by atoms with van der Waals surface area (Å²) in [5.74, 6) is -2.15. The maximum absolute atomic E-state index is 10.8. The molecule has 94 valence electrons. The van der Waals surface area contributed by atoms with E-state index in [1.54, 1.807) is 0 Å². The summed E-state index contributed by atoms with van der Waals surface area (Å²) in [6.07, 6.45) is 2.68. The number of pyridine rings is 2. The van der Waals surface area contributed by atoms with Crippen LogP contribution in [0.1, 0.15) is 20.7 Å². The molecule has 2 N–H and O–H groups in total. The summed E-state index contributed by atoms with van der Waals surface area (Å²) in [4.78, 5) is 29.6. The van der Waals surface area contributed by atoms with Crippen LogP contribution in [-0.4, -0.2) is 91.2 Å². The van der Waals surface area contributed by atoms with E-state index in [0.717, 1.165) is 0 Å². The van der Waals surface area contributed by atoms with Crippen LogP contribution in [0.2, 0.25) is 0 Å². The Labute approximate surface area is 158 Å². The van der Waals surface area contributed by atoms with Gasteiger partial charge in [-0.15, -0.1) is 0 Å². The van der Waals surface area contributed by atoms with Gasteiger partial charge in [-0.25, -0.2) is 9.59 Å². The van der Waals surface area contributed by atoms with Crippen LogP contribution >= 0.6 is 0 Å². The second kappa shape index (κ2) is 8.51. The fourth-order valence-corrected chi connectivity index (χ4v) is 1.41. The molecule has 0 aromatic carbocycles. The van der Waals surface area contributed by atoms with E-state index in [-0.39, 0.29) is 70.2 Å². The molecule has 0 atom stereocenters. The predicted molar refractivity (Wildman–Crippen MR) is 75.7 cm³/mol. The van der Waals surface area contributed by atoms with E-state index in [4.69, 9.17) is 10.2 Å². The van der Waals surface area contributed by atoms with Gasteiger partial charge < -0.3 is 10.2 Å². The number of hydrogen-bond donors (Lipinski definition) is 2. The van der Waals surface area contributed by atoms with Gasteiger partial charge in [0.2, 0.25) is 0 Å². The van der Waals surface area contributed by atoms with Crippen LogP contribution in [0.3, 0.4) is 0 Å². The van der Waals surface area contributed by atoms with Crippen LogP contribution in [-0.2, 0) is 0 Å². The van der Waals surface area contributed by atoms with E-state index < -0.39 is 11.9 Å². The number of aromatic carboxylic acids is 2. The monoisotopic (exact) mass is 292 g/mol. The van der Waals surface area contributed by atoms with E-state index in [2.05, 4.69) is 9.97 Å². The fourth-order valence-electron chi connectivity index (χ4n) is 1.41. The molecule has 2 aromatic rings. The van der Waals surface area contributed by atoms with Gasteiger partial charge >= 0.3 is 71.1 Å². The number of nitrogens with zero attached hydrogens (tertiary/aromatic N) is 2. The molecule has 2 heterocycles. The van der Waals surface area contributed by atoms with Crippen molar-refractivity contribution < 1.29 is 19.8 Å². The predicted octanol–water partition coefficient (Wildman–Crippen LogP) is 0.243. The molecule has 0 radical (unpaired) electrons. The third kappa shape index (κ3) is 4.66. The van der Waals surface area contributed by atoms with Gasteiger partial charge in [-0.2, -0.15) is 0 Å². The van der Waals surface area contributed by atoms with E-state index >= 15 is 0 Å². The van der Waals surface area contributed by atoms with Crippen LogP contribution < -0.4 is 0 Å². The van der Waals surface area contributed by atoms with Gasteiger partial charge in [-0.05, 0) is 24.3 Å². The zero-order valence-electron chi connectivity index (χ0n) is 9.07. The Morgan fingerprint density at radius 3 is 1.45 bits per heavy atom. The first kappa shape index (κ1) is 19.2. The Morgan fingerprint density at radius 2 is 1.15 bits per heavy atom. The van der Waals surface area contributed by atoms with Crippen molar-refractivity contribution in [2.24, 2.45) is 0 Å². The summed E-state index contributed by atoms with van der Waals surface area (Å²) in [6.45, 7) is 0. The zero-order valence-corrected chi connectivity index (χ0v) is 9.07. The third-order valence-electron chi connectivity index (χ3n) is 2.28. The average molecular weight is 292 g/mol. The number of carboxylic acids is 2. The standard InChI is InChI=1S/C12H8N2O4.2Na.2H/c15-11(16)7-1-3-13-9(5-7)10-6-8(12(17)18)2-4-14-10;;;;/h1-6H,(H,15,16)(H,17,18);;;;. The fraction of sp³-hybridized carbons (Fsp3) is 0. The van der Waals surface area contributed by atoms with Crippen molar-refractivity contribution in [2.75, 3.05) is 0 Å². The summed E-state index contributed by atoms with van der Waals surface area (Å²) in [5, 5.41) is 17.7. The minimum atomic E-state index is -1.08. The van der Waals surface area contributed by atoms with E-state index in [0.29, 0.717) is 11.4 Å². The Bertz CT molecular complexity index is 579. The first-order chi connectivity index (χ1) is 8.58. The Kier molecular flexibility index (Phi) is 8.19. The molecule has 2 aromatic heterocycles. The van der Waals surface area contributed by atoms with E-state index in [9.17, 15) is 9.59 Å². The molecule has 0 unspecified atom stereocenters. The maximum atomic E-state index is 10.8. The first-order valence-corrected chi connectivity index (χ1v) is 4.97. The molecule has 0 amide bonds. The molecule has 8 heteroatoms. The summed E-state index contributed by atoms with van der Waals surface area (Å²) in [6, 6.07) is 5.40. The molecular weight excluding hydrogens is 282 g/mol. The second-order valence-electron chi connectivity index (χ2n) is 3.47. The van der Waals surface area contributed by atoms with Crippen molar-refractivity contribution in [3.8, 4) is 11.4 Å². The first-order valence-electron chi connectivity index (χ1n) is 4.97. The summed E-state index contributed by atoms with van der Waals surface area (Å²) in [5.41, 5.74) is 0.779. The molecule has 20 heavy (non-hydrogen) atoms. The Morgan fingerprint density at radius 1 is 0.800 bits per heavy atom. The zero-order chi connectivity index (χ0) is 13.1. The van der Waals surface area contributed by atoms with Crippen molar-refractivity contribution in [1.82, 2.24) is 9.97 Å². The second-order valence-corrected chi connectivity index (χ2v) is 3.47. The average Bonchev–Trinajstić information content (AvgIpc) is 2.39. The molecule has 0 spiro atoms. The van der Waals surface area contributed by atoms with Gasteiger partial charge in [0.1, 0.15) is 0 Å². The van der Waals surface area contributed by atoms with Gasteiger partial charge in [0, 0.05) is 12.4 Å². The number of rotatable bonds is 3. The molecule has 2 rings (SSSR count). The SMILES string of the molecule is O=C(O)c1ccnc(-c2cc(C(=O)O)ccn2)c1.[NaH].[NaH]. The summed E-state index contributed by atoms with van der Waals surface area (Å²) in [7, 11) is 0.